The van der Waals surface area contributed by atoms with Crippen LogP contribution in [0.5, 0.6) is 0 Å². The first-order chi connectivity index (χ1) is 13.1. The van der Waals surface area contributed by atoms with Gasteiger partial charge in [0.2, 0.25) is 0 Å². The molecule has 0 aromatic heterocycles. The molecule has 27 heavy (non-hydrogen) atoms. The van der Waals surface area contributed by atoms with E-state index in [2.05, 4.69) is 6.92 Å². The van der Waals surface area contributed by atoms with E-state index >= 15 is 0 Å². The van der Waals surface area contributed by atoms with E-state index in [1.54, 1.807) is 9.80 Å². The second kappa shape index (κ2) is 7.33. The fourth-order valence-corrected chi connectivity index (χ4v) is 4.49. The molecule has 4 rings (SSSR count). The lowest BCUT2D eigenvalue weighted by Gasteiger charge is -2.40. The van der Waals surface area contributed by atoms with Crippen LogP contribution in [0.1, 0.15) is 35.7 Å². The average molecular weight is 379 g/mol. The van der Waals surface area contributed by atoms with E-state index in [9.17, 15) is 4.79 Å². The summed E-state index contributed by atoms with van der Waals surface area (Å²) in [5.41, 5.74) is 1.87. The molecule has 5 heteroatoms. The maximum Gasteiger partial charge on any atom is 0.260 e. The van der Waals surface area contributed by atoms with Crippen molar-refractivity contribution in [1.29, 1.82) is 0 Å². The fourth-order valence-electron chi connectivity index (χ4n) is 4.07. The van der Waals surface area contributed by atoms with Crippen LogP contribution < -0.4 is 4.90 Å². The molecule has 1 spiro atoms. The Kier molecular flexibility index (Phi) is 4.89. The molecule has 2 aliphatic rings. The maximum atomic E-state index is 13.4. The Labute approximate surface area is 165 Å². The summed E-state index contributed by atoms with van der Waals surface area (Å²) in [5, 5.41) is 0. The Morgan fingerprint density at radius 2 is 1.67 bits per heavy atom. The third kappa shape index (κ3) is 3.22. The minimum absolute atomic E-state index is 0.0461. The van der Waals surface area contributed by atoms with Gasteiger partial charge < -0.3 is 4.90 Å². The number of hydrogen-bond donors (Lipinski definition) is 1. The Hall–Kier alpha value is -2.37. The van der Waals surface area contributed by atoms with E-state index in [1.165, 1.54) is 0 Å². The van der Waals surface area contributed by atoms with Crippen LogP contribution in [-0.4, -0.2) is 46.8 Å². The summed E-state index contributed by atoms with van der Waals surface area (Å²) < 4.78 is 0. The molecule has 4 nitrogen and oxygen atoms in total. The first-order valence-electron chi connectivity index (χ1n) is 9.57. The summed E-state index contributed by atoms with van der Waals surface area (Å²) in [7, 11) is 0. The number of piperidine rings is 1. The summed E-state index contributed by atoms with van der Waals surface area (Å²) in [4.78, 5) is 22.4. The quantitative estimate of drug-likeness (QED) is 0.833. The lowest BCUT2D eigenvalue weighted by molar-refractivity contribution is -0.904. The highest BCUT2D eigenvalue weighted by Gasteiger charge is 2.51. The third-order valence-electron chi connectivity index (χ3n) is 5.67. The van der Waals surface area contributed by atoms with Crippen molar-refractivity contribution in [3.8, 4) is 0 Å². The van der Waals surface area contributed by atoms with E-state index in [4.69, 9.17) is 17.2 Å². The number of carbonyl (C=O) groups is 1. The van der Waals surface area contributed by atoms with Crippen LogP contribution in [0.15, 0.2) is 65.7 Å². The molecule has 0 atom stereocenters. The van der Waals surface area contributed by atoms with Crippen molar-refractivity contribution in [1.82, 2.24) is 4.90 Å². The molecule has 2 aromatic rings. The van der Waals surface area contributed by atoms with Crippen molar-refractivity contribution in [2.45, 2.75) is 25.4 Å². The number of nitrogens with one attached hydrogen (secondary N) is 1. The second-order valence-corrected chi connectivity index (χ2v) is 7.61. The van der Waals surface area contributed by atoms with Crippen molar-refractivity contribution < 1.29 is 9.69 Å². The predicted octanol–water partition coefficient (Wildman–Crippen LogP) is 2.35. The summed E-state index contributed by atoms with van der Waals surface area (Å²) in [5.74, 6) is -0.0461. The van der Waals surface area contributed by atoms with Gasteiger partial charge >= 0.3 is 0 Å². The van der Waals surface area contributed by atoms with Crippen molar-refractivity contribution in [3.63, 3.8) is 0 Å². The van der Waals surface area contributed by atoms with Gasteiger partial charge in [0.15, 0.2) is 5.66 Å². The number of likely N-dealkylation sites (tertiary alicyclic amines) is 1. The molecular formula is C22H24N3OS+. The summed E-state index contributed by atoms with van der Waals surface area (Å²) in [6.07, 6.45) is 1.68. The first-order valence-corrected chi connectivity index (χ1v) is 9.98. The number of carbonyl (C=O) groups excluding carboxylic acids is 1. The van der Waals surface area contributed by atoms with Crippen molar-refractivity contribution in [2.75, 3.05) is 19.6 Å². The number of benzene rings is 2. The fraction of sp³-hybridized carbons (Fsp3) is 0.318. The van der Waals surface area contributed by atoms with E-state index in [0.29, 0.717) is 10.6 Å². The second-order valence-electron chi connectivity index (χ2n) is 7.22. The molecule has 0 radical (unpaired) electrons. The highest BCUT2D eigenvalue weighted by atomic mass is 32.1. The largest absolute Gasteiger partial charge is 0.335 e. The minimum atomic E-state index is -0.548. The number of thiocarbonyl (C=S) groups is 1. The zero-order chi connectivity index (χ0) is 18.9. The number of rotatable bonds is 3. The predicted molar refractivity (Wildman–Crippen MR) is 111 cm³/mol. The topological polar surface area (TPSA) is 37.1 Å². The van der Waals surface area contributed by atoms with Crippen LogP contribution in [0.3, 0.4) is 0 Å². The molecule has 2 aromatic carbocycles. The molecule has 0 aliphatic carbocycles. The van der Waals surface area contributed by atoms with Gasteiger partial charge in [0.05, 0.1) is 19.6 Å². The average Bonchev–Trinajstić information content (AvgIpc) is 3.01. The first kappa shape index (κ1) is 18.0. The van der Waals surface area contributed by atoms with E-state index in [0.717, 1.165) is 43.8 Å². The Morgan fingerprint density at radius 3 is 2.26 bits per heavy atom. The number of amides is 1. The molecule has 0 bridgehead atoms. The molecule has 2 heterocycles. The van der Waals surface area contributed by atoms with Gasteiger partial charge in [0, 0.05) is 24.0 Å². The number of nitrogens with zero attached hydrogens (tertiary/aromatic N) is 2. The Bertz CT molecular complexity index is 871. The maximum absolute atomic E-state index is 13.4. The Balaban J connectivity index is 1.75. The van der Waals surface area contributed by atoms with Crippen molar-refractivity contribution in [3.05, 3.63) is 71.8 Å². The molecule has 138 valence electrons. The normalized spacial score (nSPS) is 24.9. The van der Waals surface area contributed by atoms with Crippen LogP contribution in [0, 0.1) is 0 Å². The molecule has 2 aliphatic heterocycles. The van der Waals surface area contributed by atoms with Crippen LogP contribution in [0.25, 0.3) is 0 Å². The highest BCUT2D eigenvalue weighted by Crippen LogP contribution is 2.35. The molecule has 1 fully saturated rings. The molecule has 0 saturated carbocycles. The van der Waals surface area contributed by atoms with Crippen LogP contribution in [0.2, 0.25) is 0 Å². The van der Waals surface area contributed by atoms with E-state index in [1.807, 2.05) is 60.7 Å². The van der Waals surface area contributed by atoms with Crippen LogP contribution in [-0.2, 0) is 0 Å². The summed E-state index contributed by atoms with van der Waals surface area (Å²) in [6, 6.07) is 19.4. The van der Waals surface area contributed by atoms with E-state index < -0.39 is 5.66 Å². The van der Waals surface area contributed by atoms with Gasteiger partial charge in [-0.3, -0.25) is 14.7 Å². The molecule has 1 saturated heterocycles. The smallest absolute Gasteiger partial charge is 0.260 e. The van der Waals surface area contributed by atoms with Gasteiger partial charge in [-0.1, -0.05) is 60.7 Å². The zero-order valence-electron chi connectivity index (χ0n) is 15.5. The Morgan fingerprint density at radius 1 is 1.07 bits per heavy atom. The van der Waals surface area contributed by atoms with Gasteiger partial charge in [-0.05, 0) is 19.1 Å². The molecular weight excluding hydrogens is 354 g/mol. The summed E-state index contributed by atoms with van der Waals surface area (Å²) >= 11 is 5.80. The number of aliphatic imine (C=N–C) groups is 1. The highest BCUT2D eigenvalue weighted by molar-refractivity contribution is 7.82. The standard InChI is InChI=1S/C22H23N3OS/c1-2-24-15-13-22(14-16-24)23-19(17-9-5-3-6-10-17)21(27)25(22)20(26)18-11-7-4-8-12-18/h3-12H,2,13-16H2,1H3/p+1. The SMILES string of the molecule is CC[NH+]1CCC2(CC1)N=C(c1ccccc1)C(=S)N2C(=O)c1ccccc1. The van der Waals surface area contributed by atoms with Crippen molar-refractivity contribution in [2.24, 2.45) is 4.99 Å². The number of hydrogen-bond acceptors (Lipinski definition) is 3. The third-order valence-corrected chi connectivity index (χ3v) is 6.05. The zero-order valence-corrected chi connectivity index (χ0v) is 16.3. The molecule has 0 unspecified atom stereocenters. The van der Waals surface area contributed by atoms with Gasteiger partial charge in [-0.15, -0.1) is 0 Å². The molecule has 1 N–H and O–H groups in total. The molecule has 1 amide bonds. The number of quaternary nitrogens is 1. The lowest BCUT2D eigenvalue weighted by atomic mass is 9.95. The van der Waals surface area contributed by atoms with Gasteiger partial charge in [-0.25, -0.2) is 0 Å². The summed E-state index contributed by atoms with van der Waals surface area (Å²) in [6.45, 7) is 5.31. The van der Waals surface area contributed by atoms with E-state index in [-0.39, 0.29) is 5.91 Å². The van der Waals surface area contributed by atoms with Gasteiger partial charge in [0.1, 0.15) is 10.7 Å². The van der Waals surface area contributed by atoms with Crippen LogP contribution in [0.4, 0.5) is 0 Å². The van der Waals surface area contributed by atoms with Crippen molar-refractivity contribution >= 4 is 28.8 Å². The van der Waals surface area contributed by atoms with Gasteiger partial charge in [-0.2, -0.15) is 0 Å². The van der Waals surface area contributed by atoms with Crippen LogP contribution >= 0.6 is 12.2 Å². The van der Waals surface area contributed by atoms with Gasteiger partial charge in [0.25, 0.3) is 5.91 Å². The lowest BCUT2D eigenvalue weighted by Crippen LogP contribution is -3.13. The monoisotopic (exact) mass is 378 g/mol. The minimum Gasteiger partial charge on any atom is -0.335 e.